The van der Waals surface area contributed by atoms with E-state index >= 15 is 0 Å². The first-order chi connectivity index (χ1) is 16.0. The Bertz CT molecular complexity index is 1140. The van der Waals surface area contributed by atoms with Crippen LogP contribution in [0, 0.1) is 0 Å². The molecule has 0 saturated heterocycles. The van der Waals surface area contributed by atoms with Crippen LogP contribution in [0.2, 0.25) is 0 Å². The number of nitrogens with zero attached hydrogens (tertiary/aromatic N) is 2. The minimum Gasteiger partial charge on any atom is -0.490 e. The number of nitrogens with one attached hydrogen (secondary N) is 1. The summed E-state index contributed by atoms with van der Waals surface area (Å²) in [5.74, 6) is 2.87. The van der Waals surface area contributed by atoms with Gasteiger partial charge in [-0.1, -0.05) is 38.1 Å². The first-order valence-electron chi connectivity index (χ1n) is 11.5. The molecule has 1 aliphatic carbocycles. The van der Waals surface area contributed by atoms with Crippen LogP contribution in [0.1, 0.15) is 56.7 Å². The van der Waals surface area contributed by atoms with Crippen LogP contribution in [0.4, 0.5) is 0 Å². The van der Waals surface area contributed by atoms with E-state index in [9.17, 15) is 0 Å². The lowest BCUT2D eigenvalue weighted by atomic mass is 9.78. The predicted molar refractivity (Wildman–Crippen MR) is 128 cm³/mol. The zero-order valence-corrected chi connectivity index (χ0v) is 19.2. The first kappa shape index (κ1) is 21.5. The molecule has 1 saturated carbocycles. The van der Waals surface area contributed by atoms with Gasteiger partial charge in [0.25, 0.3) is 0 Å². The molecular formula is C27H29N3O3. The van der Waals surface area contributed by atoms with Gasteiger partial charge in [-0.05, 0) is 67.6 Å². The zero-order valence-electron chi connectivity index (χ0n) is 19.2. The molecule has 2 aliphatic rings. The van der Waals surface area contributed by atoms with E-state index < -0.39 is 0 Å². The van der Waals surface area contributed by atoms with E-state index in [2.05, 4.69) is 65.7 Å². The lowest BCUT2D eigenvalue weighted by Gasteiger charge is -2.28. The third-order valence-electron chi connectivity index (χ3n) is 6.37. The minimum absolute atomic E-state index is 0.144. The summed E-state index contributed by atoms with van der Waals surface area (Å²) in [6.45, 7) is 6.33. The van der Waals surface area contributed by atoms with Crippen molar-refractivity contribution in [2.24, 2.45) is 4.99 Å². The smallest absolute Gasteiger partial charge is 0.219 e. The van der Waals surface area contributed by atoms with Crippen LogP contribution >= 0.6 is 0 Å². The fourth-order valence-corrected chi connectivity index (χ4v) is 3.98. The topological polar surface area (TPSA) is 65.0 Å². The normalized spacial score (nSPS) is 18.3. The number of ether oxygens (including phenoxy) is 2. The number of hydrogen-bond acceptors (Lipinski definition) is 6. The maximum Gasteiger partial charge on any atom is 0.219 e. The van der Waals surface area contributed by atoms with Crippen molar-refractivity contribution >= 4 is 5.84 Å². The standard InChI is InChI=1S/C27H29N3O3/c1-18-29-26(30-33-18)19-15-16-28-25(17-19)32-24-13-9-21(10-14-24)27(2,3)20-7-11-23(12-8-20)31-22-5-4-6-22/h7-18,22H,4-6H2,1-3H3,(H,29,30). The molecule has 0 amide bonds. The summed E-state index contributed by atoms with van der Waals surface area (Å²) in [4.78, 5) is 14.0. The van der Waals surface area contributed by atoms with E-state index in [4.69, 9.17) is 14.3 Å². The molecule has 3 aromatic rings. The molecule has 1 unspecified atom stereocenters. The highest BCUT2D eigenvalue weighted by Gasteiger charge is 2.24. The Hall–Kier alpha value is -3.38. The van der Waals surface area contributed by atoms with Crippen LogP contribution in [-0.2, 0) is 10.3 Å². The molecule has 1 aromatic heterocycles. The molecule has 1 N–H and O–H groups in total. The van der Waals surface area contributed by atoms with Gasteiger partial charge in [0.15, 0.2) is 12.1 Å². The molecule has 1 atom stereocenters. The van der Waals surface area contributed by atoms with Gasteiger partial charge in [0.05, 0.1) is 6.10 Å². The number of hydroxylamine groups is 1. The Morgan fingerprint density at radius 3 is 2.18 bits per heavy atom. The maximum atomic E-state index is 6.00. The van der Waals surface area contributed by atoms with Crippen LogP contribution in [0.25, 0.3) is 0 Å². The van der Waals surface area contributed by atoms with Gasteiger partial charge in [-0.2, -0.15) is 0 Å². The Morgan fingerprint density at radius 2 is 1.61 bits per heavy atom. The molecule has 0 radical (unpaired) electrons. The van der Waals surface area contributed by atoms with Crippen molar-refractivity contribution in [2.75, 3.05) is 0 Å². The van der Waals surface area contributed by atoms with Crippen LogP contribution < -0.4 is 15.0 Å². The molecule has 6 nitrogen and oxygen atoms in total. The third kappa shape index (κ3) is 4.71. The van der Waals surface area contributed by atoms with Crippen molar-refractivity contribution in [3.05, 3.63) is 83.6 Å². The largest absolute Gasteiger partial charge is 0.490 e. The molecule has 170 valence electrons. The van der Waals surface area contributed by atoms with Gasteiger partial charge in [0, 0.05) is 23.2 Å². The van der Waals surface area contributed by atoms with E-state index in [1.807, 2.05) is 31.2 Å². The van der Waals surface area contributed by atoms with Gasteiger partial charge in [0.1, 0.15) is 11.5 Å². The molecule has 2 aromatic carbocycles. The Labute approximate surface area is 194 Å². The Morgan fingerprint density at radius 1 is 0.939 bits per heavy atom. The Kier molecular flexibility index (Phi) is 5.77. The zero-order chi connectivity index (χ0) is 22.8. The maximum absolute atomic E-state index is 6.00. The van der Waals surface area contributed by atoms with Crippen molar-refractivity contribution in [2.45, 2.75) is 57.8 Å². The van der Waals surface area contributed by atoms with Crippen molar-refractivity contribution < 1.29 is 14.3 Å². The summed E-state index contributed by atoms with van der Waals surface area (Å²) in [6.07, 6.45) is 5.50. The highest BCUT2D eigenvalue weighted by atomic mass is 16.7. The van der Waals surface area contributed by atoms with E-state index in [0.29, 0.717) is 17.8 Å². The van der Waals surface area contributed by atoms with Gasteiger partial charge in [-0.25, -0.2) is 20.3 Å². The van der Waals surface area contributed by atoms with E-state index in [-0.39, 0.29) is 11.6 Å². The molecule has 5 rings (SSSR count). The fraction of sp³-hybridized carbons (Fsp3) is 0.333. The second kappa shape index (κ2) is 8.87. The van der Waals surface area contributed by atoms with E-state index in [0.717, 1.165) is 17.1 Å². The van der Waals surface area contributed by atoms with Gasteiger partial charge >= 0.3 is 0 Å². The third-order valence-corrected chi connectivity index (χ3v) is 6.37. The molecule has 1 fully saturated rings. The molecule has 1 aliphatic heterocycles. The van der Waals surface area contributed by atoms with E-state index in [1.54, 1.807) is 6.20 Å². The second-order valence-electron chi connectivity index (χ2n) is 9.13. The average Bonchev–Trinajstić information content (AvgIpc) is 3.24. The number of aliphatic imine (C=N–C) groups is 1. The summed E-state index contributed by atoms with van der Waals surface area (Å²) < 4.78 is 12.0. The Balaban J connectivity index is 1.27. The quantitative estimate of drug-likeness (QED) is 0.503. The van der Waals surface area contributed by atoms with Crippen LogP contribution in [0.3, 0.4) is 0 Å². The summed E-state index contributed by atoms with van der Waals surface area (Å²) >= 11 is 0. The summed E-state index contributed by atoms with van der Waals surface area (Å²) in [5, 5.41) is 0. The molecule has 6 heteroatoms. The van der Waals surface area contributed by atoms with Gasteiger partial charge in [-0.15, -0.1) is 0 Å². The number of pyridine rings is 1. The number of amidine groups is 1. The van der Waals surface area contributed by atoms with Crippen LogP contribution in [0.5, 0.6) is 17.4 Å². The minimum atomic E-state index is -0.208. The van der Waals surface area contributed by atoms with Crippen LogP contribution in [-0.4, -0.2) is 23.2 Å². The SMILES string of the molecule is CC1N=C(c2ccnc(Oc3ccc(C(C)(C)c4ccc(OC5CCC5)cc4)cc3)c2)NO1. The van der Waals surface area contributed by atoms with Gasteiger partial charge in [0.2, 0.25) is 5.88 Å². The molecular weight excluding hydrogens is 414 g/mol. The molecule has 33 heavy (non-hydrogen) atoms. The highest BCUT2D eigenvalue weighted by molar-refractivity contribution is 5.98. The number of aromatic nitrogens is 1. The lowest BCUT2D eigenvalue weighted by Crippen LogP contribution is -2.24. The molecule has 0 spiro atoms. The summed E-state index contributed by atoms with van der Waals surface area (Å²) in [6, 6.07) is 20.4. The monoisotopic (exact) mass is 443 g/mol. The summed E-state index contributed by atoms with van der Waals surface area (Å²) in [5.41, 5.74) is 6.01. The molecule has 0 bridgehead atoms. The van der Waals surface area contributed by atoms with Crippen molar-refractivity contribution in [1.29, 1.82) is 0 Å². The number of rotatable bonds is 7. The van der Waals surface area contributed by atoms with Crippen molar-refractivity contribution in [1.82, 2.24) is 10.5 Å². The molecule has 2 heterocycles. The van der Waals surface area contributed by atoms with E-state index in [1.165, 1.54) is 30.4 Å². The summed E-state index contributed by atoms with van der Waals surface area (Å²) in [7, 11) is 0. The lowest BCUT2D eigenvalue weighted by molar-refractivity contribution is 0.0504. The van der Waals surface area contributed by atoms with Crippen LogP contribution in [0.15, 0.2) is 71.9 Å². The second-order valence-corrected chi connectivity index (χ2v) is 9.13. The van der Waals surface area contributed by atoms with Crippen molar-refractivity contribution in [3.63, 3.8) is 0 Å². The van der Waals surface area contributed by atoms with Gasteiger partial charge in [-0.3, -0.25) is 0 Å². The van der Waals surface area contributed by atoms with Gasteiger partial charge < -0.3 is 9.47 Å². The number of benzene rings is 2. The first-order valence-corrected chi connectivity index (χ1v) is 11.5. The average molecular weight is 444 g/mol. The predicted octanol–water partition coefficient (Wildman–Crippen LogP) is 5.76. The number of hydrogen-bond donors (Lipinski definition) is 1. The highest BCUT2D eigenvalue weighted by Crippen LogP contribution is 2.34. The van der Waals surface area contributed by atoms with Crippen molar-refractivity contribution in [3.8, 4) is 17.4 Å². The fourth-order valence-electron chi connectivity index (χ4n) is 3.98.